The van der Waals surface area contributed by atoms with E-state index in [1.165, 1.54) is 0 Å². The fourth-order valence-corrected chi connectivity index (χ4v) is 2.17. The van der Waals surface area contributed by atoms with Gasteiger partial charge in [0.15, 0.2) is 0 Å². The van der Waals surface area contributed by atoms with Crippen LogP contribution >= 0.6 is 0 Å². The Hall–Kier alpha value is -2.30. The van der Waals surface area contributed by atoms with Gasteiger partial charge in [0.1, 0.15) is 0 Å². The molecule has 3 N–H and O–H groups in total. The highest BCUT2D eigenvalue weighted by molar-refractivity contribution is 5.95. The lowest BCUT2D eigenvalue weighted by molar-refractivity contribution is 0.1000. The van der Waals surface area contributed by atoms with Gasteiger partial charge in [0.2, 0.25) is 5.91 Å². The zero-order chi connectivity index (χ0) is 14.0. The summed E-state index contributed by atoms with van der Waals surface area (Å²) in [7, 11) is 1.90. The van der Waals surface area contributed by atoms with E-state index in [0.717, 1.165) is 16.9 Å². The number of hydrogen-bond donors (Lipinski definition) is 2. The predicted octanol–water partition coefficient (Wildman–Crippen LogP) is 2.00. The molecule has 0 saturated carbocycles. The van der Waals surface area contributed by atoms with Crippen molar-refractivity contribution < 1.29 is 4.79 Å². The first-order valence-corrected chi connectivity index (χ1v) is 6.14. The summed E-state index contributed by atoms with van der Waals surface area (Å²) in [5.74, 6) is -0.408. The van der Waals surface area contributed by atoms with Crippen molar-refractivity contribution in [3.8, 4) is 0 Å². The summed E-state index contributed by atoms with van der Waals surface area (Å²) in [6.07, 6.45) is 1.76. The molecule has 0 spiro atoms. The highest BCUT2D eigenvalue weighted by Gasteiger charge is 2.13. The number of nitrogens with zero attached hydrogens (tertiary/aromatic N) is 2. The van der Waals surface area contributed by atoms with E-state index in [-0.39, 0.29) is 6.04 Å². The molecule has 2 rings (SSSR count). The molecular formula is C14H18N4O. The predicted molar refractivity (Wildman–Crippen MR) is 74.9 cm³/mol. The van der Waals surface area contributed by atoms with Gasteiger partial charge >= 0.3 is 0 Å². The average Bonchev–Trinajstić information content (AvgIpc) is 2.77. The van der Waals surface area contributed by atoms with Crippen molar-refractivity contribution in [3.05, 3.63) is 47.3 Å². The number of aromatic nitrogens is 2. The molecule has 1 atom stereocenters. The topological polar surface area (TPSA) is 72.9 Å². The number of rotatable bonds is 4. The normalized spacial score (nSPS) is 12.2. The minimum atomic E-state index is -0.408. The van der Waals surface area contributed by atoms with Gasteiger partial charge in [0, 0.05) is 24.5 Å². The Kier molecular flexibility index (Phi) is 3.55. The van der Waals surface area contributed by atoms with E-state index < -0.39 is 5.91 Å². The Bertz CT molecular complexity index is 603. The van der Waals surface area contributed by atoms with Crippen LogP contribution in [0.2, 0.25) is 0 Å². The third-order valence-corrected chi connectivity index (χ3v) is 3.27. The maximum absolute atomic E-state index is 11.3. The van der Waals surface area contributed by atoms with Gasteiger partial charge in [-0.05, 0) is 37.6 Å². The number of anilines is 1. The first-order chi connectivity index (χ1) is 9.00. The van der Waals surface area contributed by atoms with E-state index >= 15 is 0 Å². The van der Waals surface area contributed by atoms with Gasteiger partial charge in [-0.2, -0.15) is 5.10 Å². The van der Waals surface area contributed by atoms with E-state index in [9.17, 15) is 4.79 Å². The molecule has 2 aromatic rings. The second kappa shape index (κ2) is 5.14. The summed E-state index contributed by atoms with van der Waals surface area (Å²) < 4.78 is 1.82. The molecule has 1 aromatic heterocycles. The molecule has 0 fully saturated rings. The van der Waals surface area contributed by atoms with Crippen LogP contribution in [0.15, 0.2) is 30.5 Å². The Balaban J connectivity index is 2.27. The zero-order valence-corrected chi connectivity index (χ0v) is 11.3. The van der Waals surface area contributed by atoms with Gasteiger partial charge in [-0.1, -0.05) is 6.07 Å². The van der Waals surface area contributed by atoms with Crippen molar-refractivity contribution in [2.75, 3.05) is 5.32 Å². The van der Waals surface area contributed by atoms with Crippen molar-refractivity contribution in [1.29, 1.82) is 0 Å². The number of carbonyl (C=O) groups is 1. The summed E-state index contributed by atoms with van der Waals surface area (Å²) in [6, 6.07) is 7.55. The van der Waals surface area contributed by atoms with Crippen LogP contribution in [0.1, 0.15) is 34.6 Å². The standard InChI is InChI=1S/C14H18N4O/c1-9-11(14(15)19)5-4-6-12(9)17-10(2)13-7-8-16-18(13)3/h4-8,10,17H,1-3H3,(H2,15,19). The number of carbonyl (C=O) groups excluding carboxylic acids is 1. The third kappa shape index (κ3) is 2.59. The molecule has 1 unspecified atom stereocenters. The van der Waals surface area contributed by atoms with Crippen LogP contribution in [-0.4, -0.2) is 15.7 Å². The van der Waals surface area contributed by atoms with Crippen molar-refractivity contribution in [1.82, 2.24) is 9.78 Å². The summed E-state index contributed by atoms with van der Waals surface area (Å²) in [5.41, 5.74) is 8.74. The Morgan fingerprint density at radius 3 is 2.74 bits per heavy atom. The molecule has 5 nitrogen and oxygen atoms in total. The first kappa shape index (κ1) is 13.1. The van der Waals surface area contributed by atoms with Crippen LogP contribution in [0.3, 0.4) is 0 Å². The number of primary amides is 1. The van der Waals surface area contributed by atoms with E-state index in [0.29, 0.717) is 5.56 Å². The highest BCUT2D eigenvalue weighted by Crippen LogP contribution is 2.23. The van der Waals surface area contributed by atoms with Gasteiger partial charge in [-0.25, -0.2) is 0 Å². The number of nitrogens with two attached hydrogens (primary N) is 1. The smallest absolute Gasteiger partial charge is 0.249 e. The van der Waals surface area contributed by atoms with Gasteiger partial charge in [0.25, 0.3) is 0 Å². The lowest BCUT2D eigenvalue weighted by Gasteiger charge is -2.18. The summed E-state index contributed by atoms with van der Waals surface area (Å²) >= 11 is 0. The van der Waals surface area contributed by atoms with Crippen molar-refractivity contribution in [3.63, 3.8) is 0 Å². The monoisotopic (exact) mass is 258 g/mol. The van der Waals surface area contributed by atoms with Crippen molar-refractivity contribution in [2.24, 2.45) is 12.8 Å². The molecule has 100 valence electrons. The van der Waals surface area contributed by atoms with E-state index in [4.69, 9.17) is 5.73 Å². The fraction of sp³-hybridized carbons (Fsp3) is 0.286. The number of hydrogen-bond acceptors (Lipinski definition) is 3. The lowest BCUT2D eigenvalue weighted by atomic mass is 10.1. The van der Waals surface area contributed by atoms with E-state index in [1.54, 1.807) is 12.3 Å². The van der Waals surface area contributed by atoms with Gasteiger partial charge in [-0.3, -0.25) is 9.48 Å². The molecule has 0 saturated heterocycles. The maximum Gasteiger partial charge on any atom is 0.249 e. The molecule has 0 bridgehead atoms. The maximum atomic E-state index is 11.3. The fourth-order valence-electron chi connectivity index (χ4n) is 2.17. The molecule has 0 aliphatic rings. The van der Waals surface area contributed by atoms with Crippen molar-refractivity contribution >= 4 is 11.6 Å². The van der Waals surface area contributed by atoms with Crippen LogP contribution in [0.5, 0.6) is 0 Å². The zero-order valence-electron chi connectivity index (χ0n) is 11.3. The number of benzene rings is 1. The quantitative estimate of drug-likeness (QED) is 0.881. The highest BCUT2D eigenvalue weighted by atomic mass is 16.1. The Morgan fingerprint density at radius 2 is 2.16 bits per heavy atom. The van der Waals surface area contributed by atoms with Crippen LogP contribution in [-0.2, 0) is 7.05 Å². The van der Waals surface area contributed by atoms with Crippen LogP contribution < -0.4 is 11.1 Å². The molecule has 1 aromatic carbocycles. The van der Waals surface area contributed by atoms with Gasteiger partial charge in [0.05, 0.1) is 11.7 Å². The number of amides is 1. The molecular weight excluding hydrogens is 240 g/mol. The number of nitrogens with one attached hydrogen (secondary N) is 1. The molecule has 19 heavy (non-hydrogen) atoms. The summed E-state index contributed by atoms with van der Waals surface area (Å²) in [6.45, 7) is 3.94. The first-order valence-electron chi connectivity index (χ1n) is 6.14. The average molecular weight is 258 g/mol. The SMILES string of the molecule is Cc1c(NC(C)c2ccnn2C)cccc1C(N)=O. The van der Waals surface area contributed by atoms with Crippen LogP contribution in [0.25, 0.3) is 0 Å². The van der Waals surface area contributed by atoms with Gasteiger partial charge in [-0.15, -0.1) is 0 Å². The Morgan fingerprint density at radius 1 is 1.42 bits per heavy atom. The minimum absolute atomic E-state index is 0.0920. The second-order valence-electron chi connectivity index (χ2n) is 4.59. The number of aryl methyl sites for hydroxylation is 1. The van der Waals surface area contributed by atoms with Crippen LogP contribution in [0.4, 0.5) is 5.69 Å². The third-order valence-electron chi connectivity index (χ3n) is 3.27. The minimum Gasteiger partial charge on any atom is -0.377 e. The van der Waals surface area contributed by atoms with E-state index in [1.807, 2.05) is 43.8 Å². The Labute approximate surface area is 112 Å². The summed E-state index contributed by atoms with van der Waals surface area (Å²) in [5, 5.41) is 7.53. The molecule has 1 amide bonds. The molecule has 1 heterocycles. The molecule has 0 aliphatic carbocycles. The lowest BCUT2D eigenvalue weighted by Crippen LogP contribution is -2.16. The van der Waals surface area contributed by atoms with Crippen molar-refractivity contribution in [2.45, 2.75) is 19.9 Å². The van der Waals surface area contributed by atoms with Crippen LogP contribution in [0, 0.1) is 6.92 Å². The van der Waals surface area contributed by atoms with E-state index in [2.05, 4.69) is 10.4 Å². The van der Waals surface area contributed by atoms with Gasteiger partial charge < -0.3 is 11.1 Å². The second-order valence-corrected chi connectivity index (χ2v) is 4.59. The largest absolute Gasteiger partial charge is 0.377 e. The molecule has 0 radical (unpaired) electrons. The molecule has 5 heteroatoms. The summed E-state index contributed by atoms with van der Waals surface area (Å²) in [4.78, 5) is 11.3. The molecule has 0 aliphatic heterocycles.